The molecule has 4 nitrogen and oxygen atoms in total. The van der Waals surface area contributed by atoms with Crippen LogP contribution in [0.1, 0.15) is 24.9 Å². The summed E-state index contributed by atoms with van der Waals surface area (Å²) in [7, 11) is 0. The molecule has 1 aromatic carbocycles. The van der Waals surface area contributed by atoms with Crippen molar-refractivity contribution in [2.45, 2.75) is 19.4 Å². The summed E-state index contributed by atoms with van der Waals surface area (Å²) in [6.07, 6.45) is 1.02. The quantitative estimate of drug-likeness (QED) is 0.805. The van der Waals surface area contributed by atoms with Crippen molar-refractivity contribution in [3.63, 3.8) is 0 Å². The molecule has 0 aliphatic carbocycles. The molecule has 1 aromatic rings. The van der Waals surface area contributed by atoms with Crippen molar-refractivity contribution < 1.29 is 4.74 Å². The number of nitrogens with zero attached hydrogens (tertiary/aromatic N) is 1. The molecule has 1 atom stereocenters. The molecule has 4 heteroatoms. The van der Waals surface area contributed by atoms with Crippen molar-refractivity contribution >= 4 is 5.96 Å². The molecule has 16 heavy (non-hydrogen) atoms. The molecular formula is C12H17N3O. The second kappa shape index (κ2) is 4.88. The van der Waals surface area contributed by atoms with Gasteiger partial charge in [0.1, 0.15) is 5.75 Å². The third kappa shape index (κ3) is 2.45. The minimum absolute atomic E-state index is 0.185. The standard InChI is InChI=1S/C12H17N3O/c1-2-6-16-10-5-3-4-9(7-10)11-8-14-12(13)15-11/h3-5,7,11H,2,6,8H2,1H3,(H3,13,14,15). The number of nitrogens with one attached hydrogen (secondary N) is 1. The Balaban J connectivity index is 2.04. The van der Waals surface area contributed by atoms with Crippen LogP contribution in [0.25, 0.3) is 0 Å². The van der Waals surface area contributed by atoms with E-state index in [1.165, 1.54) is 0 Å². The van der Waals surface area contributed by atoms with Crippen LogP contribution in [0.5, 0.6) is 5.75 Å². The zero-order chi connectivity index (χ0) is 11.4. The van der Waals surface area contributed by atoms with E-state index in [9.17, 15) is 0 Å². The van der Waals surface area contributed by atoms with Crippen molar-refractivity contribution in [3.05, 3.63) is 29.8 Å². The Morgan fingerprint density at radius 1 is 1.56 bits per heavy atom. The fraction of sp³-hybridized carbons (Fsp3) is 0.417. The van der Waals surface area contributed by atoms with Crippen LogP contribution in [0.15, 0.2) is 29.3 Å². The Morgan fingerprint density at radius 2 is 2.44 bits per heavy atom. The van der Waals surface area contributed by atoms with Crippen LogP contribution in [0.4, 0.5) is 0 Å². The molecule has 1 heterocycles. The minimum atomic E-state index is 0.185. The Bertz CT molecular complexity index is 390. The molecule has 0 aromatic heterocycles. The van der Waals surface area contributed by atoms with E-state index >= 15 is 0 Å². The van der Waals surface area contributed by atoms with Crippen LogP contribution in [-0.2, 0) is 0 Å². The van der Waals surface area contributed by atoms with Gasteiger partial charge < -0.3 is 15.8 Å². The van der Waals surface area contributed by atoms with E-state index in [1.807, 2.05) is 18.2 Å². The lowest BCUT2D eigenvalue weighted by Gasteiger charge is -2.12. The molecular weight excluding hydrogens is 202 g/mol. The zero-order valence-electron chi connectivity index (χ0n) is 9.44. The molecule has 1 aliphatic rings. The summed E-state index contributed by atoms with van der Waals surface area (Å²) in [5, 5.41) is 3.13. The van der Waals surface area contributed by atoms with Crippen LogP contribution >= 0.6 is 0 Å². The Kier molecular flexibility index (Phi) is 3.29. The number of aliphatic imine (C=N–C) groups is 1. The van der Waals surface area contributed by atoms with Crippen molar-refractivity contribution in [1.82, 2.24) is 5.32 Å². The van der Waals surface area contributed by atoms with Gasteiger partial charge in [-0.15, -0.1) is 0 Å². The van der Waals surface area contributed by atoms with E-state index in [2.05, 4.69) is 23.3 Å². The van der Waals surface area contributed by atoms with E-state index in [0.717, 1.165) is 24.3 Å². The highest BCUT2D eigenvalue weighted by Crippen LogP contribution is 2.21. The predicted molar refractivity (Wildman–Crippen MR) is 64.6 cm³/mol. The molecule has 0 saturated carbocycles. The molecule has 1 aliphatic heterocycles. The molecule has 0 radical (unpaired) electrons. The molecule has 0 spiro atoms. The van der Waals surface area contributed by atoms with E-state index in [0.29, 0.717) is 12.5 Å². The summed E-state index contributed by atoms with van der Waals surface area (Å²) in [4.78, 5) is 4.13. The van der Waals surface area contributed by atoms with Gasteiger partial charge in [-0.05, 0) is 24.1 Å². The predicted octanol–water partition coefficient (Wildman–Crippen LogP) is 1.43. The molecule has 86 valence electrons. The summed E-state index contributed by atoms with van der Waals surface area (Å²) in [5.74, 6) is 1.43. The smallest absolute Gasteiger partial charge is 0.189 e. The lowest BCUT2D eigenvalue weighted by molar-refractivity contribution is 0.317. The number of hydrogen-bond acceptors (Lipinski definition) is 4. The van der Waals surface area contributed by atoms with Gasteiger partial charge in [-0.2, -0.15) is 0 Å². The highest BCUT2D eigenvalue weighted by Gasteiger charge is 2.17. The highest BCUT2D eigenvalue weighted by atomic mass is 16.5. The summed E-state index contributed by atoms with van der Waals surface area (Å²) < 4.78 is 5.59. The number of nitrogens with two attached hydrogens (primary N) is 1. The summed E-state index contributed by atoms with van der Waals surface area (Å²) in [6.45, 7) is 3.54. The molecule has 0 fully saturated rings. The first-order valence-corrected chi connectivity index (χ1v) is 5.59. The van der Waals surface area contributed by atoms with Gasteiger partial charge in [0.05, 0.1) is 19.2 Å². The number of ether oxygens (including phenoxy) is 1. The van der Waals surface area contributed by atoms with Gasteiger partial charge in [-0.3, -0.25) is 4.99 Å². The monoisotopic (exact) mass is 219 g/mol. The minimum Gasteiger partial charge on any atom is -0.494 e. The average Bonchev–Trinajstić information content (AvgIpc) is 2.74. The molecule has 2 rings (SSSR count). The maximum atomic E-state index is 5.59. The molecule has 1 unspecified atom stereocenters. The van der Waals surface area contributed by atoms with Crippen molar-refractivity contribution in [2.75, 3.05) is 13.2 Å². The molecule has 0 amide bonds. The van der Waals surface area contributed by atoms with Crippen molar-refractivity contribution in [2.24, 2.45) is 10.7 Å². The highest BCUT2D eigenvalue weighted by molar-refractivity contribution is 5.80. The number of benzene rings is 1. The first kappa shape index (κ1) is 10.8. The summed E-state index contributed by atoms with van der Waals surface area (Å²) in [5.41, 5.74) is 6.75. The van der Waals surface area contributed by atoms with Crippen LogP contribution in [0, 0.1) is 0 Å². The van der Waals surface area contributed by atoms with Crippen LogP contribution in [-0.4, -0.2) is 19.1 Å². The summed E-state index contributed by atoms with van der Waals surface area (Å²) >= 11 is 0. The second-order valence-corrected chi connectivity index (χ2v) is 3.84. The van der Waals surface area contributed by atoms with E-state index in [1.54, 1.807) is 0 Å². The first-order chi connectivity index (χ1) is 7.79. The van der Waals surface area contributed by atoms with Gasteiger partial charge >= 0.3 is 0 Å². The first-order valence-electron chi connectivity index (χ1n) is 5.59. The van der Waals surface area contributed by atoms with Crippen molar-refractivity contribution in [1.29, 1.82) is 0 Å². The van der Waals surface area contributed by atoms with Crippen LogP contribution in [0.2, 0.25) is 0 Å². The topological polar surface area (TPSA) is 59.6 Å². The molecule has 0 saturated heterocycles. The van der Waals surface area contributed by atoms with E-state index in [-0.39, 0.29) is 6.04 Å². The van der Waals surface area contributed by atoms with E-state index < -0.39 is 0 Å². The fourth-order valence-electron chi connectivity index (χ4n) is 1.69. The van der Waals surface area contributed by atoms with Gasteiger partial charge in [0.25, 0.3) is 0 Å². The maximum absolute atomic E-state index is 5.59. The maximum Gasteiger partial charge on any atom is 0.189 e. The van der Waals surface area contributed by atoms with Gasteiger partial charge in [0.2, 0.25) is 0 Å². The lowest BCUT2D eigenvalue weighted by Crippen LogP contribution is -2.29. The largest absolute Gasteiger partial charge is 0.494 e. The van der Waals surface area contributed by atoms with Gasteiger partial charge in [-0.1, -0.05) is 19.1 Å². The SMILES string of the molecule is CCCOc1cccc(C2CN=C(N)N2)c1. The number of guanidine groups is 1. The zero-order valence-corrected chi connectivity index (χ0v) is 9.44. The summed E-state index contributed by atoms with van der Waals surface area (Å²) in [6, 6.07) is 8.26. The average molecular weight is 219 g/mol. The van der Waals surface area contributed by atoms with Gasteiger partial charge in [0, 0.05) is 0 Å². The Morgan fingerprint density at radius 3 is 3.12 bits per heavy atom. The third-order valence-electron chi connectivity index (χ3n) is 2.50. The van der Waals surface area contributed by atoms with Gasteiger partial charge in [0.15, 0.2) is 5.96 Å². The third-order valence-corrected chi connectivity index (χ3v) is 2.50. The van der Waals surface area contributed by atoms with E-state index in [4.69, 9.17) is 10.5 Å². The Hall–Kier alpha value is -1.71. The lowest BCUT2D eigenvalue weighted by atomic mass is 10.1. The number of hydrogen-bond donors (Lipinski definition) is 2. The van der Waals surface area contributed by atoms with Crippen LogP contribution < -0.4 is 15.8 Å². The molecule has 3 N–H and O–H groups in total. The van der Waals surface area contributed by atoms with Gasteiger partial charge in [-0.25, -0.2) is 0 Å². The Labute approximate surface area is 95.5 Å². The number of rotatable bonds is 4. The normalized spacial score (nSPS) is 19.1. The second-order valence-electron chi connectivity index (χ2n) is 3.84. The van der Waals surface area contributed by atoms with Crippen LogP contribution in [0.3, 0.4) is 0 Å². The molecule has 0 bridgehead atoms. The fourth-order valence-corrected chi connectivity index (χ4v) is 1.69. The van der Waals surface area contributed by atoms with Crippen molar-refractivity contribution in [3.8, 4) is 5.75 Å².